The molecule has 4 heterocycles. The summed E-state index contributed by atoms with van der Waals surface area (Å²) in [5.74, 6) is -0.0658. The van der Waals surface area contributed by atoms with Crippen molar-refractivity contribution in [3.8, 4) is 0 Å². The summed E-state index contributed by atoms with van der Waals surface area (Å²) >= 11 is 0. The highest BCUT2D eigenvalue weighted by molar-refractivity contribution is 6.62. The van der Waals surface area contributed by atoms with Gasteiger partial charge >= 0.3 is 13.2 Å². The maximum absolute atomic E-state index is 13.6. The number of carbonyl (C=O) groups excluding carboxylic acids is 2. The van der Waals surface area contributed by atoms with Gasteiger partial charge in [-0.3, -0.25) is 9.78 Å². The fraction of sp³-hybridized carbons (Fsp3) is 0.536. The van der Waals surface area contributed by atoms with Crippen molar-refractivity contribution in [2.45, 2.75) is 89.7 Å². The molecule has 5 rings (SSSR count). The van der Waals surface area contributed by atoms with Crippen molar-refractivity contribution in [2.75, 3.05) is 0 Å². The van der Waals surface area contributed by atoms with Crippen molar-refractivity contribution in [3.05, 3.63) is 59.9 Å². The van der Waals surface area contributed by atoms with Crippen molar-refractivity contribution in [1.29, 1.82) is 0 Å². The minimum Gasteiger partial charge on any atom is -0.445 e. The first-order chi connectivity index (χ1) is 17.1. The normalized spacial score (nSPS) is 26.5. The average Bonchev–Trinajstić information content (AvgIpc) is 3.08. The minimum absolute atomic E-state index is 0.0222. The van der Waals surface area contributed by atoms with Crippen LogP contribution in [0.4, 0.5) is 4.79 Å². The third-order valence-corrected chi connectivity index (χ3v) is 8.33. The number of Topliss-reactive ketones (excluding diaryl/α,β-unsaturated/α-hetero) is 1. The number of ketones is 1. The van der Waals surface area contributed by atoms with Crippen molar-refractivity contribution in [3.63, 3.8) is 0 Å². The first kappa shape index (κ1) is 25.0. The molecule has 2 bridgehead atoms. The number of benzene rings is 1. The number of nitrogens with zero attached hydrogens (tertiary/aromatic N) is 2. The third kappa shape index (κ3) is 4.81. The molecule has 8 heteroatoms. The molecule has 3 aliphatic heterocycles. The fourth-order valence-corrected chi connectivity index (χ4v) is 5.62. The number of ether oxygens (including phenoxy) is 1. The van der Waals surface area contributed by atoms with Crippen molar-refractivity contribution >= 4 is 24.5 Å². The Morgan fingerprint density at radius 2 is 1.67 bits per heavy atom. The summed E-state index contributed by atoms with van der Waals surface area (Å²) in [6.45, 7) is 8.29. The molecular weight excluding hydrogens is 455 g/mol. The molecule has 190 valence electrons. The summed E-state index contributed by atoms with van der Waals surface area (Å²) in [5.41, 5.74) is 1.37. The van der Waals surface area contributed by atoms with Gasteiger partial charge in [0.25, 0.3) is 0 Å². The first-order valence-corrected chi connectivity index (χ1v) is 13.0. The van der Waals surface area contributed by atoms with Crippen LogP contribution < -0.4 is 5.46 Å². The van der Waals surface area contributed by atoms with E-state index >= 15 is 0 Å². The van der Waals surface area contributed by atoms with Crippen LogP contribution >= 0.6 is 0 Å². The van der Waals surface area contributed by atoms with Crippen LogP contribution in [-0.4, -0.2) is 52.2 Å². The second-order valence-corrected chi connectivity index (χ2v) is 11.3. The Hall–Kier alpha value is -2.71. The van der Waals surface area contributed by atoms with E-state index in [2.05, 4.69) is 4.98 Å². The number of fused-ring (bicyclic) bond motifs is 2. The lowest BCUT2D eigenvalue weighted by atomic mass is 9.74. The number of hydrogen-bond acceptors (Lipinski definition) is 6. The summed E-state index contributed by atoms with van der Waals surface area (Å²) in [4.78, 5) is 32.8. The summed E-state index contributed by atoms with van der Waals surface area (Å²) in [7, 11) is -0.559. The Kier molecular flexibility index (Phi) is 6.68. The lowest BCUT2D eigenvalue weighted by molar-refractivity contribution is 0.00472. The molecule has 2 atom stereocenters. The Labute approximate surface area is 213 Å². The van der Waals surface area contributed by atoms with Crippen LogP contribution in [0.3, 0.4) is 0 Å². The summed E-state index contributed by atoms with van der Waals surface area (Å²) in [5, 5.41) is 0. The number of piperidine rings is 2. The van der Waals surface area contributed by atoms with E-state index in [-0.39, 0.29) is 36.5 Å². The molecule has 2 aromatic rings. The van der Waals surface area contributed by atoms with Crippen LogP contribution in [0.5, 0.6) is 0 Å². The van der Waals surface area contributed by atoms with Crippen LogP contribution in [0.25, 0.3) is 0 Å². The van der Waals surface area contributed by atoms with Gasteiger partial charge in [0.2, 0.25) is 0 Å². The topological polar surface area (TPSA) is 78.0 Å². The zero-order valence-electron chi connectivity index (χ0n) is 21.6. The van der Waals surface area contributed by atoms with Crippen LogP contribution in [-0.2, 0) is 20.7 Å². The molecule has 3 fully saturated rings. The maximum atomic E-state index is 13.6. The first-order valence-electron chi connectivity index (χ1n) is 13.0. The Morgan fingerprint density at radius 3 is 2.31 bits per heavy atom. The van der Waals surface area contributed by atoms with Crippen LogP contribution in [0.2, 0.25) is 0 Å². The highest BCUT2D eigenvalue weighted by Crippen LogP contribution is 2.39. The van der Waals surface area contributed by atoms with E-state index in [4.69, 9.17) is 14.0 Å². The summed E-state index contributed by atoms with van der Waals surface area (Å²) in [6.07, 6.45) is 7.22. The molecule has 0 radical (unpaired) electrons. The quantitative estimate of drug-likeness (QED) is 0.453. The molecule has 3 aliphatic rings. The van der Waals surface area contributed by atoms with Crippen molar-refractivity contribution in [2.24, 2.45) is 5.92 Å². The number of carbonyl (C=O) groups is 2. The number of aromatic nitrogens is 1. The van der Waals surface area contributed by atoms with E-state index in [1.165, 1.54) is 0 Å². The predicted molar refractivity (Wildman–Crippen MR) is 137 cm³/mol. The van der Waals surface area contributed by atoms with Gasteiger partial charge in [0.15, 0.2) is 5.78 Å². The maximum Gasteiger partial charge on any atom is 0.496 e. The molecule has 0 N–H and O–H groups in total. The molecule has 1 amide bonds. The van der Waals surface area contributed by atoms with Gasteiger partial charge in [-0.2, -0.15) is 0 Å². The fourth-order valence-electron chi connectivity index (χ4n) is 5.62. The van der Waals surface area contributed by atoms with Gasteiger partial charge in [-0.1, -0.05) is 30.3 Å². The van der Waals surface area contributed by atoms with Gasteiger partial charge in [-0.15, -0.1) is 0 Å². The molecule has 1 aromatic carbocycles. The molecule has 0 aliphatic carbocycles. The highest BCUT2D eigenvalue weighted by Gasteiger charge is 2.52. The summed E-state index contributed by atoms with van der Waals surface area (Å²) in [6, 6.07) is 11.6. The van der Waals surface area contributed by atoms with Gasteiger partial charge in [0, 0.05) is 41.4 Å². The van der Waals surface area contributed by atoms with Gasteiger partial charge in [-0.25, -0.2) is 4.79 Å². The molecule has 3 saturated heterocycles. The number of hydrogen-bond donors (Lipinski definition) is 0. The van der Waals surface area contributed by atoms with E-state index in [1.54, 1.807) is 12.4 Å². The number of rotatable bonds is 5. The van der Waals surface area contributed by atoms with E-state index in [0.29, 0.717) is 18.4 Å². The van der Waals surface area contributed by atoms with Crippen molar-refractivity contribution < 1.29 is 23.6 Å². The van der Waals surface area contributed by atoms with Gasteiger partial charge in [-0.05, 0) is 71.4 Å². The molecule has 1 aromatic heterocycles. The van der Waals surface area contributed by atoms with Crippen molar-refractivity contribution in [1.82, 2.24) is 9.88 Å². The SMILES string of the molecule is CC1(C)OB(c2cncc(C(=O)C3CC4CCCC(C3)N4C(=O)OCc3ccccc3)c2)OC1(C)C. The standard InChI is InChI=1S/C28H35BN2O5/c1-27(2)28(3,4)36-29(35-27)22-13-21(16-30-17-22)25(32)20-14-23-11-8-12-24(15-20)31(23)26(33)34-18-19-9-6-5-7-10-19/h5-7,9-10,13,16-17,20,23-24H,8,11-12,14-15,18H2,1-4H3. The smallest absolute Gasteiger partial charge is 0.445 e. The summed E-state index contributed by atoms with van der Waals surface area (Å²) < 4.78 is 18.0. The Balaban J connectivity index is 1.26. The van der Waals surface area contributed by atoms with Gasteiger partial charge in [0.05, 0.1) is 11.2 Å². The lowest BCUT2D eigenvalue weighted by Crippen LogP contribution is -2.55. The molecule has 2 unspecified atom stereocenters. The van der Waals surface area contributed by atoms with E-state index < -0.39 is 18.3 Å². The van der Waals surface area contributed by atoms with Crippen LogP contribution in [0.1, 0.15) is 75.7 Å². The average molecular weight is 490 g/mol. The lowest BCUT2D eigenvalue weighted by Gasteiger charge is -2.47. The van der Waals surface area contributed by atoms with E-state index in [1.807, 2.05) is 69.0 Å². The van der Waals surface area contributed by atoms with Crippen LogP contribution in [0.15, 0.2) is 48.8 Å². The molecule has 36 heavy (non-hydrogen) atoms. The number of amides is 1. The van der Waals surface area contributed by atoms with E-state index in [0.717, 1.165) is 30.3 Å². The number of pyridine rings is 1. The molecule has 7 nitrogen and oxygen atoms in total. The Morgan fingerprint density at radius 1 is 1.03 bits per heavy atom. The van der Waals surface area contributed by atoms with Crippen LogP contribution in [0, 0.1) is 5.92 Å². The predicted octanol–water partition coefficient (Wildman–Crippen LogP) is 4.53. The Bertz CT molecular complexity index is 1090. The third-order valence-electron chi connectivity index (χ3n) is 8.33. The largest absolute Gasteiger partial charge is 0.496 e. The monoisotopic (exact) mass is 490 g/mol. The molecule has 0 spiro atoms. The zero-order valence-corrected chi connectivity index (χ0v) is 21.6. The van der Waals surface area contributed by atoms with Gasteiger partial charge in [0.1, 0.15) is 6.61 Å². The highest BCUT2D eigenvalue weighted by atomic mass is 16.7. The van der Waals surface area contributed by atoms with E-state index in [9.17, 15) is 9.59 Å². The van der Waals surface area contributed by atoms with Gasteiger partial charge < -0.3 is 18.9 Å². The second-order valence-electron chi connectivity index (χ2n) is 11.3. The second kappa shape index (κ2) is 9.63. The molecular formula is C28H35BN2O5. The zero-order chi connectivity index (χ0) is 25.5. The minimum atomic E-state index is -0.559. The molecule has 0 saturated carbocycles.